The molecule has 56 valence electrons. The summed E-state index contributed by atoms with van der Waals surface area (Å²) in [5.41, 5.74) is 1.17. The van der Waals surface area contributed by atoms with Crippen molar-refractivity contribution in [2.24, 2.45) is 0 Å². The smallest absolute Gasteiger partial charge is 0.0193 e. The van der Waals surface area contributed by atoms with Crippen LogP contribution in [0.4, 0.5) is 0 Å². The van der Waals surface area contributed by atoms with Gasteiger partial charge in [-0.2, -0.15) is 0 Å². The Kier molecular flexibility index (Phi) is 4.38. The van der Waals surface area contributed by atoms with Crippen molar-refractivity contribution in [1.29, 1.82) is 0 Å². The lowest BCUT2D eigenvalue weighted by Gasteiger charge is -2.17. The Morgan fingerprint density at radius 1 is 1.50 bits per heavy atom. The van der Waals surface area contributed by atoms with E-state index >= 15 is 0 Å². The van der Waals surface area contributed by atoms with Crippen molar-refractivity contribution in [3.63, 3.8) is 0 Å². The predicted octanol–water partition coefficient (Wildman–Crippen LogP) is 2.54. The molecule has 0 amide bonds. The highest BCUT2D eigenvalue weighted by Gasteiger charge is 1.93. The highest BCUT2D eigenvalue weighted by molar-refractivity contribution is 5.08. The van der Waals surface area contributed by atoms with Crippen LogP contribution in [-0.2, 0) is 0 Å². The van der Waals surface area contributed by atoms with Crippen molar-refractivity contribution in [2.45, 2.75) is 13.8 Å². The van der Waals surface area contributed by atoms with Crippen molar-refractivity contribution >= 4 is 0 Å². The Bertz CT molecular complexity index is 145. The minimum atomic E-state index is 0.958. The summed E-state index contributed by atoms with van der Waals surface area (Å²) in [6.45, 7) is 12.4. The van der Waals surface area contributed by atoms with E-state index in [1.165, 1.54) is 5.70 Å². The first-order chi connectivity index (χ1) is 4.76. The normalized spacial score (nSPS) is 10.8. The third kappa shape index (κ3) is 2.53. The quantitative estimate of drug-likeness (QED) is 0.538. The Balaban J connectivity index is 4.12. The Morgan fingerprint density at radius 2 is 2.10 bits per heavy atom. The molecule has 0 atom stereocenters. The van der Waals surface area contributed by atoms with Gasteiger partial charge in [0, 0.05) is 12.2 Å². The second-order valence-corrected chi connectivity index (χ2v) is 2.01. The van der Waals surface area contributed by atoms with Crippen molar-refractivity contribution in [3.8, 4) is 0 Å². The van der Waals surface area contributed by atoms with Crippen LogP contribution in [-0.4, -0.2) is 11.4 Å². The molecule has 0 rings (SSSR count). The Hall–Kier alpha value is -0.980. The van der Waals surface area contributed by atoms with Crippen molar-refractivity contribution in [1.82, 2.24) is 4.90 Å². The van der Waals surface area contributed by atoms with Crippen LogP contribution in [0.5, 0.6) is 0 Å². The molecule has 0 aromatic carbocycles. The van der Waals surface area contributed by atoms with Crippen LogP contribution < -0.4 is 0 Å². The maximum Gasteiger partial charge on any atom is 0.0193 e. The summed E-state index contributed by atoms with van der Waals surface area (Å²) < 4.78 is 0. The van der Waals surface area contributed by atoms with Gasteiger partial charge in [0.1, 0.15) is 0 Å². The average Bonchev–Trinajstić information content (AvgIpc) is 1.91. The fourth-order valence-corrected chi connectivity index (χ4v) is 0.789. The van der Waals surface area contributed by atoms with Gasteiger partial charge in [-0.3, -0.25) is 0 Å². The summed E-state index contributed by atoms with van der Waals surface area (Å²) in [7, 11) is 0. The molecular formula is C9H15N. The molecule has 1 heteroatoms. The van der Waals surface area contributed by atoms with Gasteiger partial charge in [0.15, 0.2) is 0 Å². The van der Waals surface area contributed by atoms with Crippen LogP contribution in [0, 0.1) is 0 Å². The molecule has 0 aliphatic carbocycles. The van der Waals surface area contributed by atoms with Gasteiger partial charge in [-0.1, -0.05) is 19.2 Å². The fourth-order valence-electron chi connectivity index (χ4n) is 0.789. The maximum absolute atomic E-state index is 3.69. The van der Waals surface area contributed by atoms with Crippen molar-refractivity contribution in [2.75, 3.05) is 6.54 Å². The van der Waals surface area contributed by atoms with E-state index in [2.05, 4.69) is 25.0 Å². The molecule has 0 aromatic heterocycles. The molecule has 1 nitrogen and oxygen atoms in total. The molecular weight excluding hydrogens is 122 g/mol. The van der Waals surface area contributed by atoms with Crippen molar-refractivity contribution < 1.29 is 0 Å². The summed E-state index contributed by atoms with van der Waals surface area (Å²) in [6.07, 6.45) is 5.56. The molecule has 0 bridgehead atoms. The summed E-state index contributed by atoms with van der Waals surface area (Å²) in [5.74, 6) is 0. The maximum atomic E-state index is 3.69. The van der Waals surface area contributed by atoms with Gasteiger partial charge in [-0.05, 0) is 26.1 Å². The molecule has 0 radical (unpaired) electrons. The lowest BCUT2D eigenvalue weighted by Crippen LogP contribution is -2.12. The molecule has 0 spiro atoms. The average molecular weight is 137 g/mol. The third-order valence-electron chi connectivity index (χ3n) is 1.37. The molecule has 0 saturated heterocycles. The second kappa shape index (κ2) is 4.86. The molecule has 0 aliphatic rings. The summed E-state index contributed by atoms with van der Waals surface area (Å²) in [4.78, 5) is 2.06. The monoisotopic (exact) mass is 137 g/mol. The Morgan fingerprint density at radius 3 is 2.40 bits per heavy atom. The number of hydrogen-bond donors (Lipinski definition) is 0. The van der Waals surface area contributed by atoms with E-state index in [1.807, 2.05) is 19.2 Å². The first kappa shape index (κ1) is 9.02. The third-order valence-corrected chi connectivity index (χ3v) is 1.37. The summed E-state index contributed by atoms with van der Waals surface area (Å²) in [6, 6.07) is 0. The molecule has 0 aliphatic heterocycles. The molecule has 0 fully saturated rings. The number of nitrogens with zero attached hydrogens (tertiary/aromatic N) is 1. The molecule has 0 aromatic rings. The highest BCUT2D eigenvalue weighted by atomic mass is 15.1. The van der Waals surface area contributed by atoms with E-state index in [9.17, 15) is 0 Å². The van der Waals surface area contributed by atoms with Crippen LogP contribution in [0.1, 0.15) is 13.8 Å². The van der Waals surface area contributed by atoms with Gasteiger partial charge in [0.2, 0.25) is 0 Å². The molecule has 10 heavy (non-hydrogen) atoms. The van der Waals surface area contributed by atoms with E-state index < -0.39 is 0 Å². The molecule has 0 heterocycles. The SMILES string of the molecule is C=C/C=C(/C)N(C=C)CC. The zero-order valence-electron chi connectivity index (χ0n) is 6.80. The van der Waals surface area contributed by atoms with Gasteiger partial charge in [-0.25, -0.2) is 0 Å². The Labute approximate surface area is 63.3 Å². The van der Waals surface area contributed by atoms with E-state index in [0.717, 1.165) is 6.54 Å². The largest absolute Gasteiger partial charge is 0.353 e. The minimum Gasteiger partial charge on any atom is -0.353 e. The van der Waals surface area contributed by atoms with Crippen LogP contribution in [0.15, 0.2) is 37.2 Å². The van der Waals surface area contributed by atoms with Gasteiger partial charge in [-0.15, -0.1) is 0 Å². The topological polar surface area (TPSA) is 3.24 Å². The number of hydrogen-bond acceptors (Lipinski definition) is 1. The first-order valence-electron chi connectivity index (χ1n) is 3.44. The van der Waals surface area contributed by atoms with E-state index in [-0.39, 0.29) is 0 Å². The van der Waals surface area contributed by atoms with E-state index in [1.54, 1.807) is 6.08 Å². The minimum absolute atomic E-state index is 0.958. The zero-order valence-corrected chi connectivity index (χ0v) is 6.80. The van der Waals surface area contributed by atoms with Gasteiger partial charge >= 0.3 is 0 Å². The zero-order chi connectivity index (χ0) is 7.98. The number of allylic oxidation sites excluding steroid dienone is 3. The second-order valence-electron chi connectivity index (χ2n) is 2.01. The van der Waals surface area contributed by atoms with Gasteiger partial charge in [0.05, 0.1) is 0 Å². The van der Waals surface area contributed by atoms with Crippen molar-refractivity contribution in [3.05, 3.63) is 37.2 Å². The molecule has 0 unspecified atom stereocenters. The van der Waals surface area contributed by atoms with Gasteiger partial charge in [0.25, 0.3) is 0 Å². The van der Waals surface area contributed by atoms with Crippen LogP contribution in [0.2, 0.25) is 0 Å². The highest BCUT2D eigenvalue weighted by Crippen LogP contribution is 2.01. The lowest BCUT2D eigenvalue weighted by atomic mass is 10.4. The van der Waals surface area contributed by atoms with Gasteiger partial charge < -0.3 is 4.90 Å². The standard InChI is InChI=1S/C9H15N/c1-5-8-9(4)10(6-2)7-3/h5-6,8H,1-2,7H2,3-4H3/b9-8-. The molecule has 0 saturated carbocycles. The van der Waals surface area contributed by atoms with E-state index in [0.29, 0.717) is 0 Å². The predicted molar refractivity (Wildman–Crippen MR) is 46.5 cm³/mol. The summed E-state index contributed by atoms with van der Waals surface area (Å²) >= 11 is 0. The van der Waals surface area contributed by atoms with Crippen LogP contribution >= 0.6 is 0 Å². The van der Waals surface area contributed by atoms with Crippen LogP contribution in [0.3, 0.4) is 0 Å². The first-order valence-corrected chi connectivity index (χ1v) is 3.44. The molecule has 0 N–H and O–H groups in total. The lowest BCUT2D eigenvalue weighted by molar-refractivity contribution is 0.494. The van der Waals surface area contributed by atoms with E-state index in [4.69, 9.17) is 0 Å². The number of rotatable bonds is 4. The van der Waals surface area contributed by atoms with Crippen LogP contribution in [0.25, 0.3) is 0 Å². The summed E-state index contributed by atoms with van der Waals surface area (Å²) in [5, 5.41) is 0. The fraction of sp³-hybridized carbons (Fsp3) is 0.333.